The predicted molar refractivity (Wildman–Crippen MR) is 89.2 cm³/mol. The molecular formula is C18H21N3O2. The van der Waals surface area contributed by atoms with Crippen LogP contribution in [0.15, 0.2) is 48.7 Å². The third-order valence-corrected chi connectivity index (χ3v) is 3.95. The smallest absolute Gasteiger partial charge is 0.407 e. The van der Waals surface area contributed by atoms with E-state index >= 15 is 0 Å². The molecule has 0 unspecified atom stereocenters. The lowest BCUT2D eigenvalue weighted by atomic mass is 9.87. The number of amides is 1. The topological polar surface area (TPSA) is 63.2 Å². The number of hydrogen-bond acceptors (Lipinski definition) is 4. The minimum Gasteiger partial charge on any atom is -0.445 e. The molecule has 1 amide bonds. The highest BCUT2D eigenvalue weighted by Gasteiger charge is 2.30. The summed E-state index contributed by atoms with van der Waals surface area (Å²) in [4.78, 5) is 16.0. The van der Waals surface area contributed by atoms with E-state index in [1.54, 1.807) is 0 Å². The third kappa shape index (κ3) is 4.45. The first kappa shape index (κ1) is 15.3. The van der Waals surface area contributed by atoms with Gasteiger partial charge in [-0.25, -0.2) is 4.79 Å². The van der Waals surface area contributed by atoms with E-state index in [9.17, 15) is 4.79 Å². The van der Waals surface area contributed by atoms with Crippen molar-refractivity contribution in [3.8, 4) is 0 Å². The second kappa shape index (κ2) is 7.13. The Morgan fingerprint density at radius 1 is 1.17 bits per heavy atom. The van der Waals surface area contributed by atoms with Crippen molar-refractivity contribution < 1.29 is 9.53 Å². The van der Waals surface area contributed by atoms with Crippen LogP contribution in [0.25, 0.3) is 0 Å². The Labute approximate surface area is 136 Å². The molecule has 1 heterocycles. The zero-order valence-electron chi connectivity index (χ0n) is 13.2. The number of aromatic nitrogens is 1. The lowest BCUT2D eigenvalue weighted by Gasteiger charge is -2.36. The second-order valence-electron chi connectivity index (χ2n) is 5.90. The van der Waals surface area contributed by atoms with Crippen LogP contribution in [0.3, 0.4) is 0 Å². The molecule has 2 aromatic rings. The standard InChI is InChI=1S/C18H21N3O2/c1-13-7-8-15(11-19-13)20-16-9-17(10-16)21-18(22)23-12-14-5-3-2-4-6-14/h2-8,11,16-17,20H,9-10,12H2,1H3,(H,21,22). The molecule has 3 rings (SSSR count). The van der Waals surface area contributed by atoms with E-state index in [-0.39, 0.29) is 12.1 Å². The van der Waals surface area contributed by atoms with E-state index in [1.807, 2.05) is 55.6 Å². The maximum absolute atomic E-state index is 11.8. The van der Waals surface area contributed by atoms with Crippen LogP contribution in [0.2, 0.25) is 0 Å². The lowest BCUT2D eigenvalue weighted by molar-refractivity contribution is 0.129. The van der Waals surface area contributed by atoms with Gasteiger partial charge in [0.05, 0.1) is 11.9 Å². The van der Waals surface area contributed by atoms with Gasteiger partial charge < -0.3 is 15.4 Å². The number of carbonyl (C=O) groups is 1. The van der Waals surface area contributed by atoms with Crippen LogP contribution in [-0.2, 0) is 11.3 Å². The summed E-state index contributed by atoms with van der Waals surface area (Å²) < 4.78 is 5.22. The highest BCUT2D eigenvalue weighted by Crippen LogP contribution is 2.24. The SMILES string of the molecule is Cc1ccc(NC2CC(NC(=O)OCc3ccccc3)C2)cn1. The van der Waals surface area contributed by atoms with E-state index in [0.29, 0.717) is 12.6 Å². The van der Waals surface area contributed by atoms with E-state index in [0.717, 1.165) is 29.8 Å². The van der Waals surface area contributed by atoms with Crippen molar-refractivity contribution in [2.45, 2.75) is 38.5 Å². The number of nitrogens with zero attached hydrogens (tertiary/aromatic N) is 1. The predicted octanol–water partition coefficient (Wildman–Crippen LogP) is 3.26. The Hall–Kier alpha value is -2.56. The van der Waals surface area contributed by atoms with Gasteiger partial charge in [0, 0.05) is 17.8 Å². The molecule has 1 aromatic heterocycles. The fourth-order valence-electron chi connectivity index (χ4n) is 2.57. The van der Waals surface area contributed by atoms with Crippen molar-refractivity contribution in [2.24, 2.45) is 0 Å². The number of pyridine rings is 1. The molecule has 2 N–H and O–H groups in total. The number of rotatable bonds is 5. The summed E-state index contributed by atoms with van der Waals surface area (Å²) in [7, 11) is 0. The highest BCUT2D eigenvalue weighted by atomic mass is 16.5. The van der Waals surface area contributed by atoms with Crippen molar-refractivity contribution in [1.82, 2.24) is 10.3 Å². The minimum absolute atomic E-state index is 0.175. The fourth-order valence-corrected chi connectivity index (χ4v) is 2.57. The Bertz CT molecular complexity index is 637. The molecule has 0 atom stereocenters. The number of hydrogen-bond donors (Lipinski definition) is 2. The maximum atomic E-state index is 11.8. The van der Waals surface area contributed by atoms with Crippen molar-refractivity contribution in [3.63, 3.8) is 0 Å². The highest BCUT2D eigenvalue weighted by molar-refractivity contribution is 5.67. The molecule has 1 fully saturated rings. The number of alkyl carbamates (subject to hydrolysis) is 1. The van der Waals surface area contributed by atoms with Gasteiger partial charge in [0.25, 0.3) is 0 Å². The first-order chi connectivity index (χ1) is 11.2. The molecule has 5 nitrogen and oxygen atoms in total. The summed E-state index contributed by atoms with van der Waals surface area (Å²) in [5.74, 6) is 0. The zero-order chi connectivity index (χ0) is 16.1. The average Bonchev–Trinajstić information content (AvgIpc) is 2.54. The molecule has 1 aliphatic carbocycles. The van der Waals surface area contributed by atoms with Crippen LogP contribution >= 0.6 is 0 Å². The number of benzene rings is 1. The molecule has 120 valence electrons. The molecule has 1 saturated carbocycles. The van der Waals surface area contributed by atoms with E-state index < -0.39 is 0 Å². The summed E-state index contributed by atoms with van der Waals surface area (Å²) in [5, 5.41) is 6.31. The average molecular weight is 311 g/mol. The van der Waals surface area contributed by atoms with Crippen molar-refractivity contribution in [3.05, 3.63) is 59.9 Å². The largest absolute Gasteiger partial charge is 0.445 e. The van der Waals surface area contributed by atoms with E-state index in [2.05, 4.69) is 15.6 Å². The molecule has 23 heavy (non-hydrogen) atoms. The van der Waals surface area contributed by atoms with Crippen LogP contribution in [0.4, 0.5) is 10.5 Å². The first-order valence-corrected chi connectivity index (χ1v) is 7.85. The van der Waals surface area contributed by atoms with Gasteiger partial charge in [-0.15, -0.1) is 0 Å². The Morgan fingerprint density at radius 3 is 2.65 bits per heavy atom. The number of aryl methyl sites for hydroxylation is 1. The molecule has 0 spiro atoms. The monoisotopic (exact) mass is 311 g/mol. The summed E-state index contributed by atoms with van der Waals surface area (Å²) >= 11 is 0. The van der Waals surface area contributed by atoms with E-state index in [4.69, 9.17) is 4.74 Å². The van der Waals surface area contributed by atoms with Crippen LogP contribution < -0.4 is 10.6 Å². The first-order valence-electron chi connectivity index (χ1n) is 7.85. The normalized spacial score (nSPS) is 19.5. The third-order valence-electron chi connectivity index (χ3n) is 3.95. The summed E-state index contributed by atoms with van der Waals surface area (Å²) in [6.45, 7) is 2.27. The molecular weight excluding hydrogens is 290 g/mol. The molecule has 0 radical (unpaired) electrons. The van der Waals surface area contributed by atoms with Crippen LogP contribution in [0.1, 0.15) is 24.1 Å². The minimum atomic E-state index is -0.352. The fraction of sp³-hybridized carbons (Fsp3) is 0.333. The molecule has 1 aromatic carbocycles. The Balaban J connectivity index is 1.35. The van der Waals surface area contributed by atoms with E-state index in [1.165, 1.54) is 0 Å². The molecule has 5 heteroatoms. The number of ether oxygens (including phenoxy) is 1. The van der Waals surface area contributed by atoms with Gasteiger partial charge in [-0.1, -0.05) is 30.3 Å². The van der Waals surface area contributed by atoms with Gasteiger partial charge in [0.2, 0.25) is 0 Å². The van der Waals surface area contributed by atoms with Gasteiger partial charge in [-0.05, 0) is 37.5 Å². The van der Waals surface area contributed by atoms with Gasteiger partial charge in [-0.2, -0.15) is 0 Å². The number of carbonyl (C=O) groups excluding carboxylic acids is 1. The zero-order valence-corrected chi connectivity index (χ0v) is 13.2. The summed E-state index contributed by atoms with van der Waals surface area (Å²) in [6.07, 6.45) is 3.28. The Morgan fingerprint density at radius 2 is 1.96 bits per heavy atom. The molecule has 0 bridgehead atoms. The molecule has 1 aliphatic rings. The number of nitrogens with one attached hydrogen (secondary N) is 2. The quantitative estimate of drug-likeness (QED) is 0.889. The van der Waals surface area contributed by atoms with Gasteiger partial charge in [0.1, 0.15) is 6.61 Å². The molecule has 0 aliphatic heterocycles. The molecule has 0 saturated heterocycles. The number of anilines is 1. The van der Waals surface area contributed by atoms with Crippen LogP contribution in [-0.4, -0.2) is 23.2 Å². The van der Waals surface area contributed by atoms with Crippen molar-refractivity contribution in [2.75, 3.05) is 5.32 Å². The summed E-state index contributed by atoms with van der Waals surface area (Å²) in [6, 6.07) is 14.2. The van der Waals surface area contributed by atoms with Crippen LogP contribution in [0, 0.1) is 6.92 Å². The van der Waals surface area contributed by atoms with Gasteiger partial charge in [-0.3, -0.25) is 4.98 Å². The van der Waals surface area contributed by atoms with Crippen LogP contribution in [0.5, 0.6) is 0 Å². The van der Waals surface area contributed by atoms with Crippen molar-refractivity contribution >= 4 is 11.8 Å². The van der Waals surface area contributed by atoms with Gasteiger partial charge in [0.15, 0.2) is 0 Å². The Kier molecular flexibility index (Phi) is 4.76. The van der Waals surface area contributed by atoms with Gasteiger partial charge >= 0.3 is 6.09 Å². The lowest BCUT2D eigenvalue weighted by Crippen LogP contribution is -2.49. The maximum Gasteiger partial charge on any atom is 0.407 e. The van der Waals surface area contributed by atoms with Crippen molar-refractivity contribution in [1.29, 1.82) is 0 Å². The summed E-state index contributed by atoms with van der Waals surface area (Å²) in [5.41, 5.74) is 3.01. The second-order valence-corrected chi connectivity index (χ2v) is 5.90.